The van der Waals surface area contributed by atoms with Crippen LogP contribution in [0.4, 0.5) is 5.82 Å². The average molecular weight is 324 g/mol. The molecule has 2 aromatic heterocycles. The quantitative estimate of drug-likeness (QED) is 0.671. The van der Waals surface area contributed by atoms with Gasteiger partial charge in [0.05, 0.1) is 19.0 Å². The molecule has 20 heavy (non-hydrogen) atoms. The lowest BCUT2D eigenvalue weighted by molar-refractivity contribution is 0.0764. The van der Waals surface area contributed by atoms with Crippen LogP contribution in [0.2, 0.25) is 0 Å². The molecule has 112 valence electrons. The highest BCUT2D eigenvalue weighted by Crippen LogP contribution is 2.34. The summed E-state index contributed by atoms with van der Waals surface area (Å²) in [6.45, 7) is 2.05. The van der Waals surface area contributed by atoms with Gasteiger partial charge in [-0.05, 0) is 6.92 Å². The smallest absolute Gasteiger partial charge is 0.350 e. The van der Waals surface area contributed by atoms with E-state index in [2.05, 4.69) is 15.0 Å². The van der Waals surface area contributed by atoms with E-state index in [1.54, 1.807) is 11.5 Å². The Kier molecular flexibility index (Phi) is 5.43. The first-order chi connectivity index (χ1) is 8.87. The summed E-state index contributed by atoms with van der Waals surface area (Å²) in [5.74, 6) is 0.285. The Morgan fingerprint density at radius 3 is 2.80 bits per heavy atom. The van der Waals surface area contributed by atoms with E-state index in [4.69, 9.17) is 20.3 Å². The van der Waals surface area contributed by atoms with Gasteiger partial charge in [0.1, 0.15) is 18.2 Å². The number of rotatable bonds is 5. The summed E-state index contributed by atoms with van der Waals surface area (Å²) in [7, 11) is -4.16. The first kappa shape index (κ1) is 16.8. The molecule has 0 aliphatic carbocycles. The van der Waals surface area contributed by atoms with Crippen LogP contribution in [0.5, 0.6) is 0 Å². The lowest BCUT2D eigenvalue weighted by atomic mass is 10.4. The lowest BCUT2D eigenvalue weighted by Gasteiger charge is -2.14. The molecule has 4 N–H and O–H groups in total. The zero-order valence-corrected chi connectivity index (χ0v) is 12.3. The van der Waals surface area contributed by atoms with Crippen LogP contribution in [0, 0.1) is 0 Å². The van der Waals surface area contributed by atoms with Gasteiger partial charge in [-0.25, -0.2) is 15.0 Å². The van der Waals surface area contributed by atoms with Crippen LogP contribution < -0.4 is 5.73 Å². The molecule has 0 bridgehead atoms. The van der Waals surface area contributed by atoms with E-state index in [0.29, 0.717) is 17.7 Å². The first-order valence-electron chi connectivity index (χ1n) is 5.44. The van der Waals surface area contributed by atoms with Crippen LogP contribution in [0.3, 0.4) is 0 Å². The number of ether oxygens (including phenoxy) is 1. The highest BCUT2D eigenvalue weighted by molar-refractivity contribution is 7.51. The second kappa shape index (κ2) is 6.47. The maximum atomic E-state index is 10.7. The standard InChI is InChI=1S/C9H14N5O4P.ClH/c1-6(18-5-19(15,16)17)2-14-4-13-7-8(10)11-3-12-9(7)14;/h3-4,6H,2,5H2,1H3,(H2,10,11,12)(H2,15,16,17);1H/t6-;/m1./s1. The van der Waals surface area contributed by atoms with Crippen molar-refractivity contribution >= 4 is 37.0 Å². The van der Waals surface area contributed by atoms with Gasteiger partial charge in [0, 0.05) is 0 Å². The fourth-order valence-corrected chi connectivity index (χ4v) is 2.04. The summed E-state index contributed by atoms with van der Waals surface area (Å²) in [6.07, 6.45) is 1.85. The van der Waals surface area contributed by atoms with Gasteiger partial charge in [0.2, 0.25) is 0 Å². The monoisotopic (exact) mass is 323 g/mol. The molecule has 0 spiro atoms. The molecule has 0 aliphatic heterocycles. The van der Waals surface area contributed by atoms with Crippen LogP contribution >= 0.6 is 20.0 Å². The maximum absolute atomic E-state index is 10.7. The van der Waals surface area contributed by atoms with Gasteiger partial charge in [-0.2, -0.15) is 0 Å². The Labute approximate surface area is 120 Å². The van der Waals surface area contributed by atoms with E-state index in [9.17, 15) is 4.57 Å². The number of fused-ring (bicyclic) bond motifs is 1. The summed E-state index contributed by atoms with van der Waals surface area (Å²) in [5.41, 5.74) is 6.70. The largest absolute Gasteiger partial charge is 0.382 e. The van der Waals surface area contributed by atoms with Crippen LogP contribution in [0.1, 0.15) is 6.92 Å². The van der Waals surface area contributed by atoms with Gasteiger partial charge in [-0.15, -0.1) is 12.4 Å². The molecule has 0 saturated heterocycles. The Morgan fingerprint density at radius 1 is 1.45 bits per heavy atom. The van der Waals surface area contributed by atoms with Crippen molar-refractivity contribution in [2.75, 3.05) is 12.1 Å². The zero-order chi connectivity index (χ0) is 14.0. The number of nitrogen functional groups attached to an aromatic ring is 1. The van der Waals surface area contributed by atoms with Crippen LogP contribution in [0.15, 0.2) is 12.7 Å². The average Bonchev–Trinajstić information content (AvgIpc) is 2.71. The molecular weight excluding hydrogens is 309 g/mol. The van der Waals surface area contributed by atoms with Crippen LogP contribution in [0.25, 0.3) is 11.2 Å². The summed E-state index contributed by atoms with van der Waals surface area (Å²) in [6, 6.07) is 0. The van der Waals surface area contributed by atoms with Crippen LogP contribution in [-0.4, -0.2) is 41.8 Å². The van der Waals surface area contributed by atoms with Gasteiger partial charge in [0.15, 0.2) is 11.5 Å². The van der Waals surface area contributed by atoms with Gasteiger partial charge in [-0.3, -0.25) is 4.57 Å². The van der Waals surface area contributed by atoms with Crippen molar-refractivity contribution in [2.45, 2.75) is 19.6 Å². The van der Waals surface area contributed by atoms with Crippen molar-refractivity contribution in [1.82, 2.24) is 19.5 Å². The van der Waals surface area contributed by atoms with E-state index in [-0.39, 0.29) is 18.2 Å². The number of anilines is 1. The molecule has 0 aliphatic rings. The van der Waals surface area contributed by atoms with Gasteiger partial charge in [-0.1, -0.05) is 0 Å². The minimum Gasteiger partial charge on any atom is -0.382 e. The zero-order valence-electron chi connectivity index (χ0n) is 10.6. The van der Waals surface area contributed by atoms with E-state index in [0.717, 1.165) is 0 Å². The van der Waals surface area contributed by atoms with Crippen molar-refractivity contribution in [3.63, 3.8) is 0 Å². The highest BCUT2D eigenvalue weighted by Gasteiger charge is 2.16. The minimum absolute atomic E-state index is 0. The number of imidazole rings is 1. The maximum Gasteiger partial charge on any atom is 0.350 e. The molecule has 0 amide bonds. The summed E-state index contributed by atoms with van der Waals surface area (Å²) < 4.78 is 17.5. The fraction of sp³-hybridized carbons (Fsp3) is 0.444. The van der Waals surface area contributed by atoms with Crippen molar-refractivity contribution in [3.8, 4) is 0 Å². The second-order valence-corrected chi connectivity index (χ2v) is 5.69. The number of hydrogen-bond acceptors (Lipinski definition) is 6. The Bertz CT molecular complexity index is 630. The molecule has 0 radical (unpaired) electrons. The van der Waals surface area contributed by atoms with Crippen LogP contribution in [-0.2, 0) is 15.8 Å². The normalized spacial score (nSPS) is 13.2. The van der Waals surface area contributed by atoms with Crippen molar-refractivity contribution in [1.29, 1.82) is 0 Å². The van der Waals surface area contributed by atoms with Crippen molar-refractivity contribution in [3.05, 3.63) is 12.7 Å². The fourth-order valence-electron chi connectivity index (χ4n) is 1.59. The third kappa shape index (κ3) is 4.12. The number of halogens is 1. The number of aromatic nitrogens is 4. The van der Waals surface area contributed by atoms with Crippen molar-refractivity contribution in [2.24, 2.45) is 0 Å². The summed E-state index contributed by atoms with van der Waals surface area (Å²) in [5, 5.41) is 0. The van der Waals surface area contributed by atoms with E-state index in [1.807, 2.05) is 0 Å². The summed E-state index contributed by atoms with van der Waals surface area (Å²) >= 11 is 0. The lowest BCUT2D eigenvalue weighted by Crippen LogP contribution is -2.17. The molecule has 1 atom stereocenters. The molecule has 11 heteroatoms. The van der Waals surface area contributed by atoms with Crippen molar-refractivity contribution < 1.29 is 19.1 Å². The molecule has 0 unspecified atom stereocenters. The van der Waals surface area contributed by atoms with E-state index >= 15 is 0 Å². The molecule has 2 rings (SSSR count). The predicted octanol–water partition coefficient (Wildman–Crippen LogP) is 0.371. The predicted molar refractivity (Wildman–Crippen MR) is 74.4 cm³/mol. The first-order valence-corrected chi connectivity index (χ1v) is 7.24. The number of nitrogens with two attached hydrogens (primary N) is 1. The van der Waals surface area contributed by atoms with Gasteiger partial charge >= 0.3 is 7.60 Å². The Balaban J connectivity index is 0.00000200. The summed E-state index contributed by atoms with van der Waals surface area (Å²) in [4.78, 5) is 29.4. The Hall–Kier alpha value is -1.25. The topological polar surface area (TPSA) is 136 Å². The number of hydrogen-bond donors (Lipinski definition) is 3. The van der Waals surface area contributed by atoms with Gasteiger partial charge < -0.3 is 24.8 Å². The highest BCUT2D eigenvalue weighted by atomic mass is 35.5. The molecule has 0 fully saturated rings. The Morgan fingerprint density at radius 2 is 2.15 bits per heavy atom. The second-order valence-electron chi connectivity index (χ2n) is 4.10. The molecular formula is C9H15ClN5O4P. The third-order valence-electron chi connectivity index (χ3n) is 2.41. The SMILES string of the molecule is C[C@H](Cn1cnc2c(N)ncnc21)OCP(=O)(O)O.Cl. The van der Waals surface area contributed by atoms with E-state index in [1.165, 1.54) is 12.7 Å². The minimum atomic E-state index is -4.16. The molecule has 2 heterocycles. The molecule has 9 nitrogen and oxygen atoms in total. The third-order valence-corrected chi connectivity index (χ3v) is 2.90. The van der Waals surface area contributed by atoms with Gasteiger partial charge in [0.25, 0.3) is 0 Å². The molecule has 0 aromatic carbocycles. The number of nitrogens with zero attached hydrogens (tertiary/aromatic N) is 4. The molecule has 0 saturated carbocycles. The van der Waals surface area contributed by atoms with E-state index < -0.39 is 20.0 Å². The molecule has 2 aromatic rings.